The minimum Gasteiger partial charge on any atom is -0.326 e. The van der Waals surface area contributed by atoms with Crippen LogP contribution in [0.4, 0.5) is 5.69 Å². The molecular formula is C12H14ClN3O. The molecule has 0 aliphatic carbocycles. The topological polar surface area (TPSA) is 64.9 Å². The van der Waals surface area contributed by atoms with Crippen molar-refractivity contribution in [3.63, 3.8) is 0 Å². The van der Waals surface area contributed by atoms with E-state index in [9.17, 15) is 4.79 Å². The summed E-state index contributed by atoms with van der Waals surface area (Å²) in [5, 5.41) is 14.9. The molecule has 1 aromatic rings. The molecule has 0 aromatic heterocycles. The van der Waals surface area contributed by atoms with E-state index < -0.39 is 0 Å². The van der Waals surface area contributed by atoms with E-state index in [2.05, 4.69) is 10.6 Å². The lowest BCUT2D eigenvalue weighted by atomic mass is 10.1. The molecule has 4 nitrogen and oxygen atoms in total. The first-order valence-corrected chi connectivity index (χ1v) is 5.61. The maximum absolute atomic E-state index is 11.7. The van der Waals surface area contributed by atoms with Crippen LogP contribution in [0.1, 0.15) is 12.5 Å². The normalized spacial score (nSPS) is 11.6. The van der Waals surface area contributed by atoms with Crippen LogP contribution in [-0.4, -0.2) is 19.5 Å². The number of carbonyl (C=O) groups is 1. The standard InChI is InChI=1S/C12H14ClN3O/c1-8(7-15-2)12(17)16-10-3-4-11(13)9(5-10)6-14/h3-5,8,15H,7H2,1-2H3,(H,16,17). The molecule has 0 fully saturated rings. The molecule has 1 amide bonds. The predicted octanol–water partition coefficient (Wildman–Crippen LogP) is 2.01. The zero-order valence-electron chi connectivity index (χ0n) is 9.75. The number of hydrogen-bond acceptors (Lipinski definition) is 3. The Bertz CT molecular complexity index is 454. The van der Waals surface area contributed by atoms with E-state index in [1.807, 2.05) is 13.0 Å². The zero-order chi connectivity index (χ0) is 12.8. The Labute approximate surface area is 106 Å². The van der Waals surface area contributed by atoms with Gasteiger partial charge in [0, 0.05) is 18.2 Å². The predicted molar refractivity (Wildman–Crippen MR) is 67.9 cm³/mol. The number of benzene rings is 1. The molecule has 1 aromatic carbocycles. The van der Waals surface area contributed by atoms with E-state index in [1.165, 1.54) is 0 Å². The van der Waals surface area contributed by atoms with E-state index >= 15 is 0 Å². The number of halogens is 1. The molecule has 0 spiro atoms. The molecule has 0 saturated carbocycles. The van der Waals surface area contributed by atoms with E-state index in [0.717, 1.165) is 0 Å². The average molecular weight is 252 g/mol. The highest BCUT2D eigenvalue weighted by Gasteiger charge is 2.12. The van der Waals surface area contributed by atoms with Crippen molar-refractivity contribution in [1.29, 1.82) is 5.26 Å². The minimum atomic E-state index is -0.138. The molecular weight excluding hydrogens is 238 g/mol. The summed E-state index contributed by atoms with van der Waals surface area (Å²) in [7, 11) is 1.79. The molecule has 1 atom stereocenters. The van der Waals surface area contributed by atoms with Gasteiger partial charge in [-0.15, -0.1) is 0 Å². The van der Waals surface area contributed by atoms with E-state index in [4.69, 9.17) is 16.9 Å². The lowest BCUT2D eigenvalue weighted by Gasteiger charge is -2.11. The Morgan fingerprint density at radius 3 is 2.88 bits per heavy atom. The highest BCUT2D eigenvalue weighted by atomic mass is 35.5. The Morgan fingerprint density at radius 2 is 2.29 bits per heavy atom. The second-order valence-electron chi connectivity index (χ2n) is 3.75. The van der Waals surface area contributed by atoms with Crippen molar-refractivity contribution >= 4 is 23.2 Å². The summed E-state index contributed by atoms with van der Waals surface area (Å²) in [6.45, 7) is 2.43. The van der Waals surface area contributed by atoms with Gasteiger partial charge < -0.3 is 10.6 Å². The first kappa shape index (κ1) is 13.5. The van der Waals surface area contributed by atoms with Gasteiger partial charge >= 0.3 is 0 Å². The molecule has 0 aliphatic heterocycles. The van der Waals surface area contributed by atoms with Gasteiger partial charge in [-0.25, -0.2) is 0 Å². The van der Waals surface area contributed by atoms with Gasteiger partial charge in [-0.05, 0) is 25.2 Å². The molecule has 90 valence electrons. The van der Waals surface area contributed by atoms with Crippen LogP contribution in [0.3, 0.4) is 0 Å². The number of nitrogens with one attached hydrogen (secondary N) is 2. The van der Waals surface area contributed by atoms with Gasteiger partial charge in [0.05, 0.1) is 10.6 Å². The minimum absolute atomic E-state index is 0.0921. The summed E-state index contributed by atoms with van der Waals surface area (Å²) in [5.74, 6) is -0.230. The molecule has 0 saturated heterocycles. The molecule has 0 radical (unpaired) electrons. The zero-order valence-corrected chi connectivity index (χ0v) is 10.5. The van der Waals surface area contributed by atoms with Crippen LogP contribution >= 0.6 is 11.6 Å². The Balaban J connectivity index is 2.76. The van der Waals surface area contributed by atoms with Crippen LogP contribution in [0.25, 0.3) is 0 Å². The highest BCUT2D eigenvalue weighted by Crippen LogP contribution is 2.19. The SMILES string of the molecule is CNCC(C)C(=O)Nc1ccc(Cl)c(C#N)c1. The van der Waals surface area contributed by atoms with Gasteiger partial charge in [0.15, 0.2) is 0 Å². The molecule has 0 heterocycles. The molecule has 0 bridgehead atoms. The smallest absolute Gasteiger partial charge is 0.228 e. The summed E-state index contributed by atoms with van der Waals surface area (Å²) < 4.78 is 0. The number of amides is 1. The summed E-state index contributed by atoms with van der Waals surface area (Å²) in [5.41, 5.74) is 0.935. The first-order valence-electron chi connectivity index (χ1n) is 5.23. The summed E-state index contributed by atoms with van der Waals surface area (Å²) >= 11 is 5.80. The van der Waals surface area contributed by atoms with Gasteiger partial charge in [-0.2, -0.15) is 5.26 Å². The Kier molecular flexibility index (Phi) is 4.95. The third kappa shape index (κ3) is 3.74. The highest BCUT2D eigenvalue weighted by molar-refractivity contribution is 6.31. The van der Waals surface area contributed by atoms with E-state index in [1.54, 1.807) is 25.2 Å². The van der Waals surface area contributed by atoms with Crippen LogP contribution in [0.15, 0.2) is 18.2 Å². The van der Waals surface area contributed by atoms with Crippen molar-refractivity contribution in [2.75, 3.05) is 18.9 Å². The second kappa shape index (κ2) is 6.24. The van der Waals surface area contributed by atoms with Gasteiger partial charge in [0.1, 0.15) is 6.07 Å². The maximum atomic E-state index is 11.7. The summed E-state index contributed by atoms with van der Waals surface area (Å²) in [6.07, 6.45) is 0. The monoisotopic (exact) mass is 251 g/mol. The Morgan fingerprint density at radius 1 is 1.59 bits per heavy atom. The van der Waals surface area contributed by atoms with Crippen LogP contribution in [-0.2, 0) is 4.79 Å². The number of carbonyl (C=O) groups excluding carboxylic acids is 1. The first-order chi connectivity index (χ1) is 8.08. The van der Waals surface area contributed by atoms with Gasteiger partial charge in [-0.1, -0.05) is 18.5 Å². The van der Waals surface area contributed by atoms with Gasteiger partial charge in [0.25, 0.3) is 0 Å². The summed E-state index contributed by atoms with van der Waals surface area (Å²) in [4.78, 5) is 11.7. The van der Waals surface area contributed by atoms with Gasteiger partial charge in [-0.3, -0.25) is 4.79 Å². The van der Waals surface area contributed by atoms with Crippen LogP contribution < -0.4 is 10.6 Å². The number of rotatable bonds is 4. The molecule has 1 rings (SSSR count). The van der Waals surface area contributed by atoms with Crippen molar-refractivity contribution in [1.82, 2.24) is 5.32 Å². The van der Waals surface area contributed by atoms with E-state index in [-0.39, 0.29) is 11.8 Å². The van der Waals surface area contributed by atoms with Crippen LogP contribution in [0, 0.1) is 17.2 Å². The molecule has 1 unspecified atom stereocenters. The third-order valence-electron chi connectivity index (χ3n) is 2.31. The van der Waals surface area contributed by atoms with Crippen molar-refractivity contribution < 1.29 is 4.79 Å². The third-order valence-corrected chi connectivity index (χ3v) is 2.64. The largest absolute Gasteiger partial charge is 0.326 e. The van der Waals surface area contributed by atoms with Crippen LogP contribution in [0.2, 0.25) is 5.02 Å². The summed E-state index contributed by atoms with van der Waals surface area (Å²) in [6, 6.07) is 6.80. The van der Waals surface area contributed by atoms with Crippen molar-refractivity contribution in [3.8, 4) is 6.07 Å². The number of nitrogens with zero attached hydrogens (tertiary/aromatic N) is 1. The fraction of sp³-hybridized carbons (Fsp3) is 0.333. The van der Waals surface area contributed by atoms with Gasteiger partial charge in [0.2, 0.25) is 5.91 Å². The fourth-order valence-corrected chi connectivity index (χ4v) is 1.51. The number of hydrogen-bond donors (Lipinski definition) is 2. The number of anilines is 1. The lowest BCUT2D eigenvalue weighted by Crippen LogP contribution is -2.28. The fourth-order valence-electron chi connectivity index (χ4n) is 1.35. The van der Waals surface area contributed by atoms with Crippen molar-refractivity contribution in [2.45, 2.75) is 6.92 Å². The molecule has 2 N–H and O–H groups in total. The maximum Gasteiger partial charge on any atom is 0.228 e. The van der Waals surface area contributed by atoms with Crippen molar-refractivity contribution in [3.05, 3.63) is 28.8 Å². The number of nitriles is 1. The molecule has 17 heavy (non-hydrogen) atoms. The van der Waals surface area contributed by atoms with E-state index in [0.29, 0.717) is 22.8 Å². The lowest BCUT2D eigenvalue weighted by molar-refractivity contribution is -0.119. The molecule has 5 heteroatoms. The van der Waals surface area contributed by atoms with Crippen molar-refractivity contribution in [2.24, 2.45) is 5.92 Å². The molecule has 0 aliphatic rings. The second-order valence-corrected chi connectivity index (χ2v) is 4.16. The quantitative estimate of drug-likeness (QED) is 0.860. The Hall–Kier alpha value is -1.57. The average Bonchev–Trinajstić information content (AvgIpc) is 2.31. The van der Waals surface area contributed by atoms with Crippen LogP contribution in [0.5, 0.6) is 0 Å².